The molecule has 0 unspecified atom stereocenters. The largest absolute Gasteiger partial charge is 0.338 e. The minimum Gasteiger partial charge on any atom is -0.338 e. The molecule has 2 N–H and O–H groups in total. The van der Waals surface area contributed by atoms with E-state index in [4.69, 9.17) is 0 Å². The number of carbonyl (C=O) groups is 2. The van der Waals surface area contributed by atoms with E-state index in [1.807, 2.05) is 11.8 Å². The van der Waals surface area contributed by atoms with Crippen molar-refractivity contribution in [3.63, 3.8) is 0 Å². The topological polar surface area (TPSA) is 61.4 Å². The van der Waals surface area contributed by atoms with E-state index in [1.54, 1.807) is 6.92 Å². The van der Waals surface area contributed by atoms with Crippen LogP contribution < -0.4 is 10.6 Å². The summed E-state index contributed by atoms with van der Waals surface area (Å²) in [4.78, 5) is 26.1. The van der Waals surface area contributed by atoms with Gasteiger partial charge in [0.1, 0.15) is 0 Å². The SMILES string of the molecule is CC1=C(C(=O)N(CC(C)C)CC(C)C)[C@@H](C)NC(=O)N1. The van der Waals surface area contributed by atoms with Crippen LogP contribution in [0.25, 0.3) is 0 Å². The van der Waals surface area contributed by atoms with Crippen molar-refractivity contribution < 1.29 is 9.59 Å². The summed E-state index contributed by atoms with van der Waals surface area (Å²) in [7, 11) is 0. The van der Waals surface area contributed by atoms with E-state index >= 15 is 0 Å². The molecule has 0 aromatic rings. The van der Waals surface area contributed by atoms with Gasteiger partial charge in [0.2, 0.25) is 0 Å². The number of allylic oxidation sites excluding steroid dienone is 1. The van der Waals surface area contributed by atoms with E-state index in [1.165, 1.54) is 0 Å². The lowest BCUT2D eigenvalue weighted by atomic mass is 10.0. The summed E-state index contributed by atoms with van der Waals surface area (Å²) in [5.41, 5.74) is 1.31. The fourth-order valence-corrected chi connectivity index (χ4v) is 2.51. The molecule has 0 saturated carbocycles. The molecule has 5 nitrogen and oxygen atoms in total. The Kier molecular flexibility index (Phi) is 5.60. The Balaban J connectivity index is 2.98. The van der Waals surface area contributed by atoms with Gasteiger partial charge >= 0.3 is 6.03 Å². The number of hydrogen-bond donors (Lipinski definition) is 2. The predicted molar refractivity (Wildman–Crippen MR) is 80.1 cm³/mol. The third-order valence-corrected chi connectivity index (χ3v) is 3.17. The van der Waals surface area contributed by atoms with Crippen molar-refractivity contribution in [2.45, 2.75) is 47.6 Å². The zero-order chi connectivity index (χ0) is 15.4. The first kappa shape index (κ1) is 16.5. The molecule has 0 bridgehead atoms. The lowest BCUT2D eigenvalue weighted by Crippen LogP contribution is -2.51. The number of urea groups is 1. The molecule has 1 rings (SSSR count). The van der Waals surface area contributed by atoms with Gasteiger partial charge in [0.05, 0.1) is 11.6 Å². The second kappa shape index (κ2) is 6.77. The van der Waals surface area contributed by atoms with E-state index < -0.39 is 0 Å². The highest BCUT2D eigenvalue weighted by Gasteiger charge is 2.30. The van der Waals surface area contributed by atoms with Crippen LogP contribution in [-0.2, 0) is 4.79 Å². The van der Waals surface area contributed by atoms with Gasteiger partial charge in [-0.05, 0) is 25.7 Å². The Morgan fingerprint density at radius 2 is 1.70 bits per heavy atom. The standard InChI is InChI=1S/C15H27N3O2/c1-9(2)7-18(8-10(3)4)14(19)13-11(5)16-15(20)17-12(13)6/h9-11H,7-8H2,1-6H3,(H2,16,17,20)/t11-/m1/s1. The average molecular weight is 281 g/mol. The highest BCUT2D eigenvalue weighted by atomic mass is 16.2. The molecule has 1 atom stereocenters. The molecule has 1 aliphatic rings. The smallest absolute Gasteiger partial charge is 0.319 e. The van der Waals surface area contributed by atoms with Crippen molar-refractivity contribution in [1.29, 1.82) is 0 Å². The van der Waals surface area contributed by atoms with Crippen LogP contribution in [0.1, 0.15) is 41.5 Å². The van der Waals surface area contributed by atoms with E-state index in [9.17, 15) is 9.59 Å². The second-order valence-electron chi connectivity index (χ2n) is 6.36. The lowest BCUT2D eigenvalue weighted by Gasteiger charge is -2.32. The first-order valence-electron chi connectivity index (χ1n) is 7.29. The van der Waals surface area contributed by atoms with Gasteiger partial charge in [0.25, 0.3) is 5.91 Å². The van der Waals surface area contributed by atoms with Crippen LogP contribution in [-0.4, -0.2) is 36.0 Å². The molecule has 3 amide bonds. The Hall–Kier alpha value is -1.52. The van der Waals surface area contributed by atoms with E-state index in [2.05, 4.69) is 38.3 Å². The van der Waals surface area contributed by atoms with Crippen molar-refractivity contribution in [3.8, 4) is 0 Å². The molecule has 0 fully saturated rings. The molecule has 5 heteroatoms. The first-order valence-corrected chi connectivity index (χ1v) is 7.29. The zero-order valence-corrected chi connectivity index (χ0v) is 13.4. The number of nitrogens with one attached hydrogen (secondary N) is 2. The minimum absolute atomic E-state index is 0.0184. The summed E-state index contributed by atoms with van der Waals surface area (Å²) in [6, 6.07) is -0.496. The van der Waals surface area contributed by atoms with Crippen molar-refractivity contribution in [2.24, 2.45) is 11.8 Å². The minimum atomic E-state index is -0.252. The van der Waals surface area contributed by atoms with Crippen molar-refractivity contribution in [3.05, 3.63) is 11.3 Å². The zero-order valence-electron chi connectivity index (χ0n) is 13.4. The van der Waals surface area contributed by atoms with E-state index in [0.29, 0.717) is 23.1 Å². The molecule has 114 valence electrons. The van der Waals surface area contributed by atoms with Gasteiger partial charge in [-0.25, -0.2) is 4.79 Å². The van der Waals surface area contributed by atoms with Crippen LogP contribution in [0.4, 0.5) is 4.79 Å². The number of carbonyl (C=O) groups excluding carboxylic acids is 2. The first-order chi connectivity index (χ1) is 9.22. The van der Waals surface area contributed by atoms with Crippen LogP contribution >= 0.6 is 0 Å². The monoisotopic (exact) mass is 281 g/mol. The van der Waals surface area contributed by atoms with Crippen molar-refractivity contribution >= 4 is 11.9 Å². The predicted octanol–water partition coefficient (Wildman–Crippen LogP) is 2.10. The van der Waals surface area contributed by atoms with Crippen LogP contribution in [0.2, 0.25) is 0 Å². The summed E-state index contributed by atoms with van der Waals surface area (Å²) >= 11 is 0. The second-order valence-corrected chi connectivity index (χ2v) is 6.36. The van der Waals surface area contributed by atoms with Crippen molar-refractivity contribution in [1.82, 2.24) is 15.5 Å². The summed E-state index contributed by atoms with van der Waals surface area (Å²) in [6.45, 7) is 13.5. The van der Waals surface area contributed by atoms with Gasteiger partial charge in [0.15, 0.2) is 0 Å². The molecular weight excluding hydrogens is 254 g/mol. The maximum atomic E-state index is 12.8. The van der Waals surface area contributed by atoms with Gasteiger partial charge in [0, 0.05) is 18.8 Å². The molecule has 0 saturated heterocycles. The average Bonchev–Trinajstić information content (AvgIpc) is 2.24. The van der Waals surface area contributed by atoms with Crippen LogP contribution in [0.15, 0.2) is 11.3 Å². The van der Waals surface area contributed by atoms with Crippen LogP contribution in [0.5, 0.6) is 0 Å². The summed E-state index contributed by atoms with van der Waals surface area (Å²) in [6.07, 6.45) is 0. The third kappa shape index (κ3) is 4.25. The highest BCUT2D eigenvalue weighted by Crippen LogP contribution is 2.17. The van der Waals surface area contributed by atoms with Gasteiger partial charge in [-0.1, -0.05) is 27.7 Å². The van der Waals surface area contributed by atoms with Crippen molar-refractivity contribution in [2.75, 3.05) is 13.1 Å². The summed E-state index contributed by atoms with van der Waals surface area (Å²) < 4.78 is 0. The van der Waals surface area contributed by atoms with E-state index in [0.717, 1.165) is 13.1 Å². The normalized spacial score (nSPS) is 19.2. The Labute approximate surface area is 121 Å². The maximum Gasteiger partial charge on any atom is 0.319 e. The molecular formula is C15H27N3O2. The number of nitrogens with zero attached hydrogens (tertiary/aromatic N) is 1. The number of hydrogen-bond acceptors (Lipinski definition) is 2. The summed E-state index contributed by atoms with van der Waals surface area (Å²) in [5, 5.41) is 5.43. The fourth-order valence-electron chi connectivity index (χ4n) is 2.51. The molecule has 0 aliphatic carbocycles. The van der Waals surface area contributed by atoms with Crippen LogP contribution in [0.3, 0.4) is 0 Å². The van der Waals surface area contributed by atoms with Gasteiger partial charge in [-0.3, -0.25) is 4.79 Å². The molecule has 0 aromatic heterocycles. The number of rotatable bonds is 5. The van der Waals surface area contributed by atoms with Gasteiger partial charge < -0.3 is 15.5 Å². The molecule has 0 radical (unpaired) electrons. The third-order valence-electron chi connectivity index (χ3n) is 3.17. The quantitative estimate of drug-likeness (QED) is 0.810. The Morgan fingerprint density at radius 3 is 2.10 bits per heavy atom. The maximum absolute atomic E-state index is 12.8. The van der Waals surface area contributed by atoms with Gasteiger partial charge in [-0.15, -0.1) is 0 Å². The van der Waals surface area contributed by atoms with E-state index in [-0.39, 0.29) is 18.0 Å². The fraction of sp³-hybridized carbons (Fsp3) is 0.733. The molecule has 20 heavy (non-hydrogen) atoms. The van der Waals surface area contributed by atoms with Crippen LogP contribution in [0, 0.1) is 11.8 Å². The number of amides is 3. The Morgan fingerprint density at radius 1 is 1.20 bits per heavy atom. The Bertz CT molecular complexity index is 403. The molecule has 0 spiro atoms. The molecule has 1 aliphatic heterocycles. The highest BCUT2D eigenvalue weighted by molar-refractivity contribution is 5.98. The lowest BCUT2D eigenvalue weighted by molar-refractivity contribution is -0.128. The van der Waals surface area contributed by atoms with Gasteiger partial charge in [-0.2, -0.15) is 0 Å². The summed E-state index contributed by atoms with van der Waals surface area (Å²) in [5.74, 6) is 0.852. The molecule has 1 heterocycles. The molecule has 0 aromatic carbocycles.